The topological polar surface area (TPSA) is 91.3 Å². The fourth-order valence-corrected chi connectivity index (χ4v) is 2.98. The van der Waals surface area contributed by atoms with E-state index >= 15 is 0 Å². The normalized spacial score (nSPS) is 11.4. The summed E-state index contributed by atoms with van der Waals surface area (Å²) in [7, 11) is -3.76. The van der Waals surface area contributed by atoms with Gasteiger partial charge in [-0.2, -0.15) is 8.42 Å². The third-order valence-corrected chi connectivity index (χ3v) is 4.82. The first-order valence-corrected chi connectivity index (χ1v) is 9.92. The number of hydrogen-bond acceptors (Lipinski definition) is 7. The number of para-hydroxylation sites is 2. The van der Waals surface area contributed by atoms with Crippen LogP contribution in [0.5, 0.6) is 11.5 Å². The monoisotopic (exact) mass is 396 g/mol. The van der Waals surface area contributed by atoms with E-state index in [1.54, 1.807) is 36.4 Å². The predicted octanol–water partition coefficient (Wildman–Crippen LogP) is 2.52. The molecule has 0 radical (unpaired) electrons. The lowest BCUT2D eigenvalue weighted by molar-refractivity contribution is 0.0277. The van der Waals surface area contributed by atoms with Crippen molar-refractivity contribution < 1.29 is 31.9 Å². The molecule has 0 saturated heterocycles. The molecule has 2 rings (SSSR count). The van der Waals surface area contributed by atoms with E-state index in [9.17, 15) is 13.5 Å². The largest absolute Gasteiger partial charge is 0.504 e. The van der Waals surface area contributed by atoms with Gasteiger partial charge in [-0.15, -0.1) is 0 Å². The predicted molar refractivity (Wildman–Crippen MR) is 99.6 cm³/mol. The van der Waals surface area contributed by atoms with Gasteiger partial charge in [-0.25, -0.2) is 0 Å². The molecule has 0 spiro atoms. The molecule has 0 atom stereocenters. The summed E-state index contributed by atoms with van der Waals surface area (Å²) in [6, 6.07) is 13.2. The summed E-state index contributed by atoms with van der Waals surface area (Å²) in [5, 5.41) is 9.54. The summed E-state index contributed by atoms with van der Waals surface area (Å²) in [5.41, 5.74) is 0.975. The van der Waals surface area contributed by atoms with Crippen LogP contribution in [0.2, 0.25) is 0 Å². The minimum atomic E-state index is -3.76. The van der Waals surface area contributed by atoms with Crippen LogP contribution in [0.4, 0.5) is 0 Å². The van der Waals surface area contributed by atoms with E-state index in [1.165, 1.54) is 12.1 Å². The van der Waals surface area contributed by atoms with Crippen LogP contribution in [0, 0.1) is 6.92 Å². The highest BCUT2D eigenvalue weighted by atomic mass is 32.2. The number of aryl methyl sites for hydroxylation is 1. The molecule has 27 heavy (non-hydrogen) atoms. The second-order valence-corrected chi connectivity index (χ2v) is 7.25. The summed E-state index contributed by atoms with van der Waals surface area (Å²) in [6.45, 7) is 3.26. The first-order valence-electron chi connectivity index (χ1n) is 8.51. The van der Waals surface area contributed by atoms with Crippen molar-refractivity contribution in [3.05, 3.63) is 54.1 Å². The molecule has 8 heteroatoms. The van der Waals surface area contributed by atoms with E-state index in [1.807, 2.05) is 6.92 Å². The number of hydrogen-bond donors (Lipinski definition) is 1. The number of rotatable bonds is 12. The van der Waals surface area contributed by atoms with Crippen molar-refractivity contribution >= 4 is 10.1 Å². The van der Waals surface area contributed by atoms with Crippen LogP contribution in [-0.4, -0.2) is 53.2 Å². The number of benzene rings is 2. The van der Waals surface area contributed by atoms with Gasteiger partial charge in [-0.3, -0.25) is 4.18 Å². The van der Waals surface area contributed by atoms with Crippen molar-refractivity contribution in [2.45, 2.75) is 11.8 Å². The van der Waals surface area contributed by atoms with Gasteiger partial charge in [0.25, 0.3) is 10.1 Å². The van der Waals surface area contributed by atoms with Gasteiger partial charge < -0.3 is 19.3 Å². The zero-order valence-corrected chi connectivity index (χ0v) is 16.0. The third kappa shape index (κ3) is 7.56. The highest BCUT2D eigenvalue weighted by molar-refractivity contribution is 7.86. The van der Waals surface area contributed by atoms with Crippen molar-refractivity contribution in [1.82, 2.24) is 0 Å². The van der Waals surface area contributed by atoms with Crippen LogP contribution in [0.1, 0.15) is 5.56 Å². The first kappa shape index (κ1) is 21.2. The van der Waals surface area contributed by atoms with Crippen LogP contribution in [0.15, 0.2) is 53.4 Å². The van der Waals surface area contributed by atoms with Gasteiger partial charge in [-0.1, -0.05) is 29.8 Å². The molecule has 0 bridgehead atoms. The Hall–Kier alpha value is -2.13. The van der Waals surface area contributed by atoms with Crippen LogP contribution < -0.4 is 4.74 Å². The van der Waals surface area contributed by atoms with Crippen molar-refractivity contribution in [2.75, 3.05) is 39.6 Å². The molecule has 7 nitrogen and oxygen atoms in total. The fourth-order valence-electron chi connectivity index (χ4n) is 2.09. The van der Waals surface area contributed by atoms with E-state index in [-0.39, 0.29) is 23.9 Å². The Morgan fingerprint density at radius 3 is 2.07 bits per heavy atom. The molecule has 0 heterocycles. The van der Waals surface area contributed by atoms with Crippen LogP contribution in [0.3, 0.4) is 0 Å². The van der Waals surface area contributed by atoms with E-state index in [0.717, 1.165) is 5.56 Å². The van der Waals surface area contributed by atoms with Crippen molar-refractivity contribution in [3.8, 4) is 11.5 Å². The molecule has 2 aromatic rings. The maximum atomic E-state index is 12.0. The second-order valence-electron chi connectivity index (χ2n) is 5.63. The van der Waals surface area contributed by atoms with Crippen LogP contribution in [0.25, 0.3) is 0 Å². The van der Waals surface area contributed by atoms with Gasteiger partial charge in [0.05, 0.1) is 37.9 Å². The average Bonchev–Trinajstić information content (AvgIpc) is 2.65. The van der Waals surface area contributed by atoms with Crippen molar-refractivity contribution in [3.63, 3.8) is 0 Å². The number of aromatic hydroxyl groups is 1. The Bertz CT molecular complexity index is 788. The molecule has 0 aliphatic carbocycles. The number of phenols is 1. The first-order chi connectivity index (χ1) is 13.0. The summed E-state index contributed by atoms with van der Waals surface area (Å²) < 4.78 is 44.8. The maximum absolute atomic E-state index is 12.0. The molecule has 0 aliphatic heterocycles. The van der Waals surface area contributed by atoms with Crippen molar-refractivity contribution in [2.24, 2.45) is 0 Å². The minimum Gasteiger partial charge on any atom is -0.504 e. The minimum absolute atomic E-state index is 0.0629. The Morgan fingerprint density at radius 1 is 0.815 bits per heavy atom. The van der Waals surface area contributed by atoms with Gasteiger partial charge in [0.2, 0.25) is 0 Å². The molecule has 0 amide bonds. The fraction of sp³-hybridized carbons (Fsp3) is 0.368. The summed E-state index contributed by atoms with van der Waals surface area (Å²) in [4.78, 5) is 0.126. The van der Waals surface area contributed by atoms with Gasteiger partial charge in [0.1, 0.15) is 6.61 Å². The SMILES string of the molecule is Cc1ccc(S(=O)(=O)OCCOCCOCCOc2ccccc2O)cc1. The van der Waals surface area contributed by atoms with E-state index in [4.69, 9.17) is 18.4 Å². The Balaban J connectivity index is 1.50. The summed E-state index contributed by atoms with van der Waals surface area (Å²) >= 11 is 0. The summed E-state index contributed by atoms with van der Waals surface area (Å²) in [6.07, 6.45) is 0. The van der Waals surface area contributed by atoms with E-state index in [2.05, 4.69) is 0 Å². The highest BCUT2D eigenvalue weighted by Gasteiger charge is 2.14. The Kier molecular flexibility index (Phi) is 8.53. The zero-order chi connectivity index (χ0) is 19.5. The van der Waals surface area contributed by atoms with Gasteiger partial charge >= 0.3 is 0 Å². The van der Waals surface area contributed by atoms with Gasteiger partial charge in [0, 0.05) is 0 Å². The highest BCUT2D eigenvalue weighted by Crippen LogP contribution is 2.23. The Morgan fingerprint density at radius 2 is 1.41 bits per heavy atom. The molecular formula is C19H24O7S. The zero-order valence-electron chi connectivity index (χ0n) is 15.2. The quantitative estimate of drug-likeness (QED) is 0.435. The maximum Gasteiger partial charge on any atom is 0.297 e. The van der Waals surface area contributed by atoms with Crippen LogP contribution >= 0.6 is 0 Å². The molecule has 0 saturated carbocycles. The Labute approximate surface area is 159 Å². The molecule has 148 valence electrons. The molecule has 1 N–H and O–H groups in total. The number of ether oxygens (including phenoxy) is 3. The van der Waals surface area contributed by atoms with E-state index < -0.39 is 10.1 Å². The molecule has 0 aliphatic rings. The third-order valence-electron chi connectivity index (χ3n) is 3.50. The van der Waals surface area contributed by atoms with Gasteiger partial charge in [0.15, 0.2) is 11.5 Å². The average molecular weight is 396 g/mol. The lowest BCUT2D eigenvalue weighted by Gasteiger charge is -2.09. The second kappa shape index (κ2) is 10.9. The molecule has 0 unspecified atom stereocenters. The molecule has 2 aromatic carbocycles. The number of phenolic OH excluding ortho intramolecular Hbond substituents is 1. The summed E-state index contributed by atoms with van der Waals surface area (Å²) in [5.74, 6) is 0.491. The lowest BCUT2D eigenvalue weighted by Crippen LogP contribution is -2.14. The van der Waals surface area contributed by atoms with E-state index in [0.29, 0.717) is 32.2 Å². The van der Waals surface area contributed by atoms with Crippen LogP contribution in [-0.2, 0) is 23.8 Å². The lowest BCUT2D eigenvalue weighted by atomic mass is 10.2. The molecular weight excluding hydrogens is 372 g/mol. The standard InChI is InChI=1S/C19H24O7S/c1-16-6-8-17(9-7-16)27(21,22)26-15-13-24-11-10-23-12-14-25-19-5-3-2-4-18(19)20/h2-9,20H,10-15H2,1H3. The molecule has 0 aromatic heterocycles. The van der Waals surface area contributed by atoms with Gasteiger partial charge in [-0.05, 0) is 31.2 Å². The molecule has 0 fully saturated rings. The van der Waals surface area contributed by atoms with Crippen molar-refractivity contribution in [1.29, 1.82) is 0 Å². The smallest absolute Gasteiger partial charge is 0.297 e.